The highest BCUT2D eigenvalue weighted by atomic mass is 31.2. The van der Waals surface area contributed by atoms with Crippen molar-refractivity contribution in [2.75, 3.05) is 33.1 Å². The van der Waals surface area contributed by atoms with Crippen molar-refractivity contribution in [2.45, 2.75) is 12.2 Å². The smallest absolute Gasteiger partial charge is 0.140 e. The van der Waals surface area contributed by atoms with Gasteiger partial charge in [0.05, 0.1) is 13.2 Å². The van der Waals surface area contributed by atoms with Gasteiger partial charge >= 0.3 is 0 Å². The van der Waals surface area contributed by atoms with Crippen LogP contribution in [0.2, 0.25) is 0 Å². The second-order valence-electron chi connectivity index (χ2n) is 9.54. The van der Waals surface area contributed by atoms with Crippen LogP contribution in [-0.2, 0) is 14.0 Å². The van der Waals surface area contributed by atoms with Crippen LogP contribution < -0.4 is 20.1 Å². The molecule has 37 heavy (non-hydrogen) atoms. The molecule has 0 N–H and O–H groups in total. The minimum atomic E-state index is -2.89. The molecular formula is C31H29O5P. The lowest BCUT2D eigenvalue weighted by Crippen LogP contribution is -2.18. The van der Waals surface area contributed by atoms with Crippen molar-refractivity contribution in [3.05, 3.63) is 97.1 Å². The zero-order chi connectivity index (χ0) is 25.2. The summed E-state index contributed by atoms with van der Waals surface area (Å²) >= 11 is 0. The lowest BCUT2D eigenvalue weighted by Gasteiger charge is -2.21. The first-order valence-corrected chi connectivity index (χ1v) is 14.7. The van der Waals surface area contributed by atoms with E-state index in [9.17, 15) is 4.57 Å². The van der Waals surface area contributed by atoms with E-state index >= 15 is 0 Å². The zero-order valence-corrected chi connectivity index (χ0v) is 21.6. The summed E-state index contributed by atoms with van der Waals surface area (Å²) in [5.74, 6) is 1.60. The molecule has 2 heterocycles. The van der Waals surface area contributed by atoms with Gasteiger partial charge in [-0.1, -0.05) is 72.8 Å². The average Bonchev–Trinajstić information content (AvgIpc) is 3.87. The summed E-state index contributed by atoms with van der Waals surface area (Å²) in [5.41, 5.74) is 4.01. The van der Waals surface area contributed by atoms with Crippen LogP contribution in [0.25, 0.3) is 22.3 Å². The van der Waals surface area contributed by atoms with Gasteiger partial charge in [0.25, 0.3) is 0 Å². The molecule has 5 nitrogen and oxygen atoms in total. The van der Waals surface area contributed by atoms with E-state index < -0.39 is 7.14 Å². The van der Waals surface area contributed by atoms with Crippen LogP contribution in [0.15, 0.2) is 97.1 Å². The van der Waals surface area contributed by atoms with E-state index in [1.807, 2.05) is 85.5 Å². The first-order chi connectivity index (χ1) is 18.1. The van der Waals surface area contributed by atoms with Crippen molar-refractivity contribution in [2.24, 2.45) is 0 Å². The Bertz CT molecular complexity index is 1410. The molecule has 3 atom stereocenters. The quantitative estimate of drug-likeness (QED) is 0.207. The minimum absolute atomic E-state index is 0.201. The maximum absolute atomic E-state index is 14.4. The van der Waals surface area contributed by atoms with E-state index in [-0.39, 0.29) is 12.2 Å². The fraction of sp³-hybridized carbons (Fsp3) is 0.226. The van der Waals surface area contributed by atoms with E-state index in [2.05, 4.69) is 18.2 Å². The fourth-order valence-electron chi connectivity index (χ4n) is 4.45. The first kappa shape index (κ1) is 24.0. The minimum Gasteiger partial charge on any atom is -0.491 e. The van der Waals surface area contributed by atoms with Crippen LogP contribution in [0.3, 0.4) is 0 Å². The van der Waals surface area contributed by atoms with Crippen LogP contribution in [0.4, 0.5) is 0 Å². The molecule has 0 bridgehead atoms. The van der Waals surface area contributed by atoms with Gasteiger partial charge < -0.3 is 23.5 Å². The fourth-order valence-corrected chi connectivity index (χ4v) is 6.51. The molecule has 3 unspecified atom stereocenters. The third-order valence-corrected chi connectivity index (χ3v) is 9.31. The van der Waals surface area contributed by atoms with Crippen LogP contribution in [0.1, 0.15) is 0 Å². The molecule has 0 spiro atoms. The molecule has 2 aliphatic heterocycles. The monoisotopic (exact) mass is 512 g/mol. The van der Waals surface area contributed by atoms with E-state index in [0.29, 0.717) is 13.2 Å². The van der Waals surface area contributed by atoms with Gasteiger partial charge in [-0.05, 0) is 47.6 Å². The highest BCUT2D eigenvalue weighted by molar-refractivity contribution is 7.78. The molecule has 0 aromatic heterocycles. The molecule has 6 heteroatoms. The third-order valence-electron chi connectivity index (χ3n) is 6.74. The van der Waals surface area contributed by atoms with Gasteiger partial charge in [0.2, 0.25) is 0 Å². The number of ether oxygens (including phenoxy) is 4. The molecule has 0 saturated carbocycles. The van der Waals surface area contributed by atoms with Gasteiger partial charge in [0.1, 0.15) is 44.1 Å². The summed E-state index contributed by atoms with van der Waals surface area (Å²) in [5, 5.41) is 1.67. The molecular weight excluding hydrogens is 483 g/mol. The van der Waals surface area contributed by atoms with Gasteiger partial charge in [0, 0.05) is 16.2 Å². The second kappa shape index (κ2) is 10.2. The predicted molar refractivity (Wildman–Crippen MR) is 147 cm³/mol. The Morgan fingerprint density at radius 2 is 1.24 bits per heavy atom. The highest BCUT2D eigenvalue weighted by Crippen LogP contribution is 2.45. The Kier molecular flexibility index (Phi) is 6.60. The lowest BCUT2D eigenvalue weighted by atomic mass is 9.94. The van der Waals surface area contributed by atoms with Crippen molar-refractivity contribution in [1.82, 2.24) is 0 Å². The van der Waals surface area contributed by atoms with E-state index in [1.54, 1.807) is 0 Å². The normalized spacial score (nSPS) is 19.6. The van der Waals surface area contributed by atoms with Crippen molar-refractivity contribution in [1.29, 1.82) is 0 Å². The summed E-state index contributed by atoms with van der Waals surface area (Å²) in [6.07, 6.45) is 0.413. The molecule has 4 aromatic carbocycles. The van der Waals surface area contributed by atoms with Crippen LogP contribution in [0.5, 0.6) is 11.5 Å². The Hall–Kier alpha value is -3.37. The summed E-state index contributed by atoms with van der Waals surface area (Å²) in [7, 11) is -2.89. The average molecular weight is 513 g/mol. The molecule has 4 aromatic rings. The van der Waals surface area contributed by atoms with Crippen LogP contribution >= 0.6 is 7.14 Å². The Morgan fingerprint density at radius 1 is 0.703 bits per heavy atom. The summed E-state index contributed by atoms with van der Waals surface area (Å²) in [6.45, 7) is 4.51. The maximum Gasteiger partial charge on any atom is 0.140 e. The summed E-state index contributed by atoms with van der Waals surface area (Å²) in [6, 6.07) is 31.9. The standard InChI is InChI=1S/C31H29O5P/c1-37(32,28-6-3-2-4-7-28)30-9-5-8-29(22-10-14-24(15-11-22)33-18-26-20-35-26)31(30)23-12-16-25(17-13-23)34-19-27-21-36-27/h2-17,26-27H,18-21H2,1H3. The van der Waals surface area contributed by atoms with E-state index in [4.69, 9.17) is 18.9 Å². The van der Waals surface area contributed by atoms with Crippen LogP contribution in [-0.4, -0.2) is 45.3 Å². The number of hydrogen-bond donors (Lipinski definition) is 0. The molecule has 0 aliphatic carbocycles. The van der Waals surface area contributed by atoms with Crippen molar-refractivity contribution < 1.29 is 23.5 Å². The van der Waals surface area contributed by atoms with Gasteiger partial charge in [-0.25, -0.2) is 0 Å². The third kappa shape index (κ3) is 5.50. The number of epoxide rings is 2. The predicted octanol–water partition coefficient (Wildman–Crippen LogP) is 5.52. The lowest BCUT2D eigenvalue weighted by molar-refractivity contribution is 0.263. The molecule has 0 radical (unpaired) electrons. The Morgan fingerprint density at radius 3 is 1.78 bits per heavy atom. The number of benzene rings is 4. The van der Waals surface area contributed by atoms with Gasteiger partial charge in [-0.15, -0.1) is 0 Å². The SMILES string of the molecule is CP(=O)(c1ccccc1)c1cccc(-c2ccc(OCC3CO3)cc2)c1-c1ccc(OCC2CO2)cc1. The summed E-state index contributed by atoms with van der Waals surface area (Å²) in [4.78, 5) is 0. The molecule has 188 valence electrons. The zero-order valence-electron chi connectivity index (χ0n) is 20.7. The number of rotatable bonds is 10. The van der Waals surface area contributed by atoms with E-state index in [0.717, 1.165) is 57.6 Å². The number of hydrogen-bond acceptors (Lipinski definition) is 5. The highest BCUT2D eigenvalue weighted by Gasteiger charge is 2.27. The van der Waals surface area contributed by atoms with Gasteiger partial charge in [-0.3, -0.25) is 0 Å². The van der Waals surface area contributed by atoms with Crippen molar-refractivity contribution in [3.8, 4) is 33.8 Å². The van der Waals surface area contributed by atoms with Crippen molar-refractivity contribution >= 4 is 17.8 Å². The molecule has 6 rings (SSSR count). The molecule has 0 amide bonds. The second-order valence-corrected chi connectivity index (χ2v) is 12.4. The molecule has 2 fully saturated rings. The van der Waals surface area contributed by atoms with E-state index in [1.165, 1.54) is 0 Å². The largest absolute Gasteiger partial charge is 0.491 e. The Balaban J connectivity index is 1.40. The first-order valence-electron chi connectivity index (χ1n) is 12.5. The summed E-state index contributed by atoms with van der Waals surface area (Å²) < 4.78 is 36.6. The van der Waals surface area contributed by atoms with Gasteiger partial charge in [0.15, 0.2) is 0 Å². The van der Waals surface area contributed by atoms with Gasteiger partial charge in [-0.2, -0.15) is 0 Å². The topological polar surface area (TPSA) is 60.6 Å². The maximum atomic E-state index is 14.4. The van der Waals surface area contributed by atoms with Crippen LogP contribution in [0, 0.1) is 0 Å². The molecule has 2 saturated heterocycles. The molecule has 2 aliphatic rings. The Labute approximate surface area is 217 Å². The van der Waals surface area contributed by atoms with Crippen molar-refractivity contribution in [3.63, 3.8) is 0 Å².